The highest BCUT2D eigenvalue weighted by molar-refractivity contribution is 7.89. The first-order chi connectivity index (χ1) is 13.4. The molecule has 1 fully saturated rings. The zero-order chi connectivity index (χ0) is 20.4. The topological polar surface area (TPSA) is 77.0 Å². The molecule has 1 heterocycles. The number of aliphatic imine (C=N–C) groups is 1. The van der Waals surface area contributed by atoms with Crippen molar-refractivity contribution in [3.8, 4) is 0 Å². The van der Waals surface area contributed by atoms with E-state index in [1.165, 1.54) is 5.56 Å². The van der Waals surface area contributed by atoms with Crippen LogP contribution < -0.4 is 10.6 Å². The van der Waals surface area contributed by atoms with Crippen LogP contribution in [0.15, 0.2) is 35.3 Å². The molecule has 1 aromatic rings. The van der Waals surface area contributed by atoms with E-state index in [4.69, 9.17) is 0 Å². The van der Waals surface area contributed by atoms with E-state index in [2.05, 4.69) is 58.8 Å². The van der Waals surface area contributed by atoms with Gasteiger partial charge in [-0.3, -0.25) is 9.89 Å². The van der Waals surface area contributed by atoms with E-state index in [9.17, 15) is 8.42 Å². The predicted molar refractivity (Wildman–Crippen MR) is 116 cm³/mol. The van der Waals surface area contributed by atoms with E-state index >= 15 is 0 Å². The first kappa shape index (κ1) is 22.6. The summed E-state index contributed by atoms with van der Waals surface area (Å²) in [5.74, 6) is 1.02. The Bertz CT molecular complexity index is 709. The third-order valence-electron chi connectivity index (χ3n) is 5.05. The Morgan fingerprint density at radius 3 is 2.68 bits per heavy atom. The Labute approximate surface area is 170 Å². The molecule has 2 N–H and O–H groups in total. The van der Waals surface area contributed by atoms with Crippen LogP contribution in [-0.4, -0.2) is 75.1 Å². The lowest BCUT2D eigenvalue weighted by Crippen LogP contribution is -2.42. The SMILES string of the molecule is CCNC(=NCCC(C)N(C)Cc1ccccc1)NCCN1CCCS1(=O)=O. The van der Waals surface area contributed by atoms with Gasteiger partial charge in [-0.1, -0.05) is 30.3 Å². The molecule has 1 aliphatic rings. The van der Waals surface area contributed by atoms with Gasteiger partial charge in [0, 0.05) is 45.3 Å². The van der Waals surface area contributed by atoms with Crippen molar-refractivity contribution in [1.82, 2.24) is 19.8 Å². The Morgan fingerprint density at radius 1 is 1.29 bits per heavy atom. The van der Waals surface area contributed by atoms with E-state index in [1.54, 1.807) is 4.31 Å². The fraction of sp³-hybridized carbons (Fsp3) is 0.650. The van der Waals surface area contributed by atoms with Gasteiger partial charge in [0.1, 0.15) is 0 Å². The van der Waals surface area contributed by atoms with Crippen molar-refractivity contribution in [3.05, 3.63) is 35.9 Å². The van der Waals surface area contributed by atoms with Crippen molar-refractivity contribution in [2.24, 2.45) is 4.99 Å². The van der Waals surface area contributed by atoms with Crippen LogP contribution in [0.3, 0.4) is 0 Å². The zero-order valence-electron chi connectivity index (χ0n) is 17.4. The van der Waals surface area contributed by atoms with Crippen molar-refractivity contribution in [2.45, 2.75) is 39.3 Å². The normalized spacial score (nSPS) is 18.4. The van der Waals surface area contributed by atoms with E-state index in [0.29, 0.717) is 25.7 Å². The first-order valence-electron chi connectivity index (χ1n) is 10.2. The summed E-state index contributed by atoms with van der Waals surface area (Å²) in [7, 11) is -0.893. The second-order valence-corrected chi connectivity index (χ2v) is 9.38. The minimum Gasteiger partial charge on any atom is -0.357 e. The van der Waals surface area contributed by atoms with Crippen LogP contribution in [-0.2, 0) is 16.6 Å². The average molecular weight is 410 g/mol. The van der Waals surface area contributed by atoms with E-state index in [0.717, 1.165) is 38.4 Å². The minimum atomic E-state index is -3.03. The minimum absolute atomic E-state index is 0.273. The molecule has 2 rings (SSSR count). The fourth-order valence-corrected chi connectivity index (χ4v) is 4.72. The Morgan fingerprint density at radius 2 is 2.04 bits per heavy atom. The van der Waals surface area contributed by atoms with E-state index < -0.39 is 10.0 Å². The molecule has 8 heteroatoms. The molecule has 0 aliphatic carbocycles. The lowest BCUT2D eigenvalue weighted by atomic mass is 10.1. The lowest BCUT2D eigenvalue weighted by molar-refractivity contribution is 0.240. The van der Waals surface area contributed by atoms with Crippen LogP contribution in [0.5, 0.6) is 0 Å². The number of guanidine groups is 1. The number of nitrogens with one attached hydrogen (secondary N) is 2. The van der Waals surface area contributed by atoms with Crippen LogP contribution in [0, 0.1) is 0 Å². The van der Waals surface area contributed by atoms with Gasteiger partial charge < -0.3 is 10.6 Å². The van der Waals surface area contributed by atoms with Crippen molar-refractivity contribution in [3.63, 3.8) is 0 Å². The van der Waals surface area contributed by atoms with Gasteiger partial charge in [0.2, 0.25) is 10.0 Å². The summed E-state index contributed by atoms with van der Waals surface area (Å²) in [4.78, 5) is 6.98. The Balaban J connectivity index is 1.74. The summed E-state index contributed by atoms with van der Waals surface area (Å²) >= 11 is 0. The molecule has 1 atom stereocenters. The highest BCUT2D eigenvalue weighted by Gasteiger charge is 2.27. The Hall–Kier alpha value is -1.64. The standard InChI is InChI=1S/C20H35N5O2S/c1-4-21-20(23-13-15-25-14-8-16-28(25,26)27)22-12-11-18(2)24(3)17-19-9-6-5-7-10-19/h5-7,9-10,18H,4,8,11-17H2,1-3H3,(H2,21,22,23). The molecule has 0 amide bonds. The third kappa shape index (κ3) is 7.41. The van der Waals surface area contributed by atoms with E-state index in [-0.39, 0.29) is 5.75 Å². The molecule has 158 valence electrons. The van der Waals surface area contributed by atoms with Crippen molar-refractivity contribution in [2.75, 3.05) is 45.5 Å². The third-order valence-corrected chi connectivity index (χ3v) is 7.00. The molecule has 1 unspecified atom stereocenters. The monoisotopic (exact) mass is 409 g/mol. The number of benzene rings is 1. The number of nitrogens with zero attached hydrogens (tertiary/aromatic N) is 3. The summed E-state index contributed by atoms with van der Waals surface area (Å²) in [6, 6.07) is 10.9. The maximum atomic E-state index is 11.9. The predicted octanol–water partition coefficient (Wildman–Crippen LogP) is 1.49. The van der Waals surface area contributed by atoms with Gasteiger partial charge in [0.15, 0.2) is 5.96 Å². The van der Waals surface area contributed by atoms with Crippen molar-refractivity contribution >= 4 is 16.0 Å². The van der Waals surface area contributed by atoms with Gasteiger partial charge in [-0.05, 0) is 39.3 Å². The molecule has 7 nitrogen and oxygen atoms in total. The van der Waals surface area contributed by atoms with Gasteiger partial charge in [0.05, 0.1) is 5.75 Å². The van der Waals surface area contributed by atoms with Gasteiger partial charge in [-0.25, -0.2) is 12.7 Å². The summed E-state index contributed by atoms with van der Waals surface area (Å²) < 4.78 is 25.3. The number of hydrogen-bond acceptors (Lipinski definition) is 4. The fourth-order valence-electron chi connectivity index (χ4n) is 3.19. The zero-order valence-corrected chi connectivity index (χ0v) is 18.2. The largest absolute Gasteiger partial charge is 0.357 e. The van der Waals surface area contributed by atoms with Crippen molar-refractivity contribution < 1.29 is 8.42 Å². The molecule has 0 bridgehead atoms. The van der Waals surface area contributed by atoms with E-state index in [1.807, 2.05) is 13.0 Å². The summed E-state index contributed by atoms with van der Waals surface area (Å²) in [5, 5.41) is 6.48. The molecular weight excluding hydrogens is 374 g/mol. The molecule has 0 spiro atoms. The van der Waals surface area contributed by atoms with Crippen LogP contribution >= 0.6 is 0 Å². The second kappa shape index (κ2) is 11.4. The molecular formula is C20H35N5O2S. The summed E-state index contributed by atoms with van der Waals surface area (Å²) in [6.07, 6.45) is 1.69. The second-order valence-electron chi connectivity index (χ2n) is 7.29. The number of rotatable bonds is 10. The molecule has 1 aromatic carbocycles. The highest BCUT2D eigenvalue weighted by Crippen LogP contribution is 2.12. The summed E-state index contributed by atoms with van der Waals surface area (Å²) in [5.41, 5.74) is 1.31. The molecule has 0 saturated carbocycles. The van der Waals surface area contributed by atoms with Gasteiger partial charge in [0.25, 0.3) is 0 Å². The van der Waals surface area contributed by atoms with Crippen molar-refractivity contribution in [1.29, 1.82) is 0 Å². The first-order valence-corrected chi connectivity index (χ1v) is 11.8. The molecule has 28 heavy (non-hydrogen) atoms. The lowest BCUT2D eigenvalue weighted by Gasteiger charge is -2.24. The Kier molecular flexibility index (Phi) is 9.21. The highest BCUT2D eigenvalue weighted by atomic mass is 32.2. The maximum Gasteiger partial charge on any atom is 0.214 e. The number of hydrogen-bond donors (Lipinski definition) is 2. The van der Waals surface area contributed by atoms with Crippen LogP contribution in [0.25, 0.3) is 0 Å². The van der Waals surface area contributed by atoms with Crippen LogP contribution in [0.1, 0.15) is 32.3 Å². The van der Waals surface area contributed by atoms with Gasteiger partial charge >= 0.3 is 0 Å². The molecule has 1 aliphatic heterocycles. The van der Waals surface area contributed by atoms with Gasteiger partial charge in [-0.15, -0.1) is 0 Å². The summed E-state index contributed by atoms with van der Waals surface area (Å²) in [6.45, 7) is 8.35. The quantitative estimate of drug-likeness (QED) is 0.452. The van der Waals surface area contributed by atoms with Crippen LogP contribution in [0.2, 0.25) is 0 Å². The van der Waals surface area contributed by atoms with Crippen LogP contribution in [0.4, 0.5) is 0 Å². The number of sulfonamides is 1. The average Bonchev–Trinajstić information content (AvgIpc) is 3.00. The molecule has 0 radical (unpaired) electrons. The molecule has 0 aromatic heterocycles. The maximum absolute atomic E-state index is 11.9. The smallest absolute Gasteiger partial charge is 0.214 e. The van der Waals surface area contributed by atoms with Gasteiger partial charge in [-0.2, -0.15) is 0 Å². The molecule has 1 saturated heterocycles.